The van der Waals surface area contributed by atoms with E-state index in [1.54, 1.807) is 14.0 Å². The molecule has 0 unspecified atom stereocenters. The molecule has 0 aliphatic heterocycles. The minimum Gasteiger partial charge on any atom is -0.365 e. The van der Waals surface area contributed by atoms with Gasteiger partial charge in [-0.15, -0.1) is 0 Å². The van der Waals surface area contributed by atoms with E-state index in [0.717, 1.165) is 0 Å². The molecule has 0 radical (unpaired) electrons. The quantitative estimate of drug-likeness (QED) is 0.512. The van der Waals surface area contributed by atoms with Gasteiger partial charge in [-0.1, -0.05) is 6.92 Å². The van der Waals surface area contributed by atoms with Crippen molar-refractivity contribution >= 4 is 23.2 Å². The molecule has 0 heterocycles. The van der Waals surface area contributed by atoms with Crippen molar-refractivity contribution < 1.29 is 4.79 Å². The Bertz CT molecular complexity index is 110. The van der Waals surface area contributed by atoms with E-state index in [2.05, 4.69) is 22.9 Å². The van der Waals surface area contributed by atoms with Crippen molar-refractivity contribution in [3.05, 3.63) is 0 Å². The van der Waals surface area contributed by atoms with Crippen LogP contribution in [0, 0.1) is 0 Å². The number of nitrogens with one attached hydrogen (secondary N) is 2. The average Bonchev–Trinajstić information content (AvgIpc) is 1.87. The molecule has 0 aliphatic carbocycles. The van der Waals surface area contributed by atoms with Gasteiger partial charge in [-0.05, 0) is 12.2 Å². The molecule has 0 aliphatic rings. The van der Waals surface area contributed by atoms with Crippen LogP contribution in [-0.2, 0) is 4.79 Å². The van der Waals surface area contributed by atoms with Crippen molar-refractivity contribution in [3.63, 3.8) is 0 Å². The van der Waals surface area contributed by atoms with Gasteiger partial charge in [0.1, 0.15) is 0 Å². The maximum Gasteiger partial charge on any atom is 0.225 e. The van der Waals surface area contributed by atoms with E-state index in [-0.39, 0.29) is 5.91 Å². The van der Waals surface area contributed by atoms with Crippen LogP contribution in [0.4, 0.5) is 0 Å². The Morgan fingerprint density at radius 2 is 2.22 bits per heavy atom. The summed E-state index contributed by atoms with van der Waals surface area (Å²) in [7, 11) is 1.66. The molecule has 0 fully saturated rings. The van der Waals surface area contributed by atoms with Gasteiger partial charge in [-0.25, -0.2) is 0 Å². The third kappa shape index (κ3) is 3.90. The highest BCUT2D eigenvalue weighted by Gasteiger charge is 1.96. The Balaban J connectivity index is 3.47. The molecule has 1 amide bonds. The van der Waals surface area contributed by atoms with Gasteiger partial charge in [-0.2, -0.15) is 0 Å². The van der Waals surface area contributed by atoms with Gasteiger partial charge in [0.25, 0.3) is 0 Å². The largest absolute Gasteiger partial charge is 0.365 e. The van der Waals surface area contributed by atoms with Crippen LogP contribution >= 0.6 is 12.2 Å². The van der Waals surface area contributed by atoms with Crippen LogP contribution in [0.15, 0.2) is 0 Å². The summed E-state index contributed by atoms with van der Waals surface area (Å²) in [6, 6.07) is 0. The Kier molecular flexibility index (Phi) is 3.96. The second-order valence-electron chi connectivity index (χ2n) is 1.48. The van der Waals surface area contributed by atoms with E-state index in [4.69, 9.17) is 0 Å². The second kappa shape index (κ2) is 4.26. The highest BCUT2D eigenvalue weighted by molar-refractivity contribution is 7.80. The molecule has 0 atom stereocenters. The fourth-order valence-electron chi connectivity index (χ4n) is 0.278. The van der Waals surface area contributed by atoms with Gasteiger partial charge in [0.05, 0.1) is 0 Å². The number of carbonyl (C=O) groups excluding carboxylic acids is 1. The van der Waals surface area contributed by atoms with E-state index in [9.17, 15) is 4.79 Å². The predicted molar refractivity (Wildman–Crippen MR) is 40.1 cm³/mol. The second-order valence-corrected chi connectivity index (χ2v) is 1.89. The summed E-state index contributed by atoms with van der Waals surface area (Å²) in [6.07, 6.45) is 0.460. The minimum atomic E-state index is -0.0608. The Hall–Kier alpha value is -0.640. The summed E-state index contributed by atoms with van der Waals surface area (Å²) in [5, 5.41) is 5.47. The monoisotopic (exact) mass is 146 g/mol. The zero-order valence-electron chi connectivity index (χ0n) is 5.52. The van der Waals surface area contributed by atoms with Crippen molar-refractivity contribution in [2.75, 3.05) is 7.05 Å². The summed E-state index contributed by atoms with van der Waals surface area (Å²) < 4.78 is 0. The molecule has 0 aromatic rings. The van der Waals surface area contributed by atoms with Gasteiger partial charge >= 0.3 is 0 Å². The molecule has 0 aromatic carbocycles. The maximum absolute atomic E-state index is 10.5. The van der Waals surface area contributed by atoms with Crippen molar-refractivity contribution in [3.8, 4) is 0 Å². The summed E-state index contributed by atoms with van der Waals surface area (Å²) >= 11 is 4.65. The smallest absolute Gasteiger partial charge is 0.225 e. The van der Waals surface area contributed by atoms with Gasteiger partial charge in [0.15, 0.2) is 5.11 Å². The first-order chi connectivity index (χ1) is 4.20. The molecule has 0 spiro atoms. The highest BCUT2D eigenvalue weighted by atomic mass is 32.1. The van der Waals surface area contributed by atoms with Gasteiger partial charge < -0.3 is 10.6 Å². The lowest BCUT2D eigenvalue weighted by molar-refractivity contribution is -0.119. The Morgan fingerprint density at radius 3 is 2.56 bits per heavy atom. The molecule has 0 rings (SSSR count). The normalized spacial score (nSPS) is 8.22. The number of hydrogen-bond acceptors (Lipinski definition) is 2. The fraction of sp³-hybridized carbons (Fsp3) is 0.600. The van der Waals surface area contributed by atoms with E-state index in [0.29, 0.717) is 11.5 Å². The third-order valence-corrected chi connectivity index (χ3v) is 1.11. The number of carbonyl (C=O) groups is 1. The molecule has 2 N–H and O–H groups in total. The summed E-state index contributed by atoms with van der Waals surface area (Å²) in [6.45, 7) is 1.77. The molecule has 0 bridgehead atoms. The van der Waals surface area contributed by atoms with E-state index >= 15 is 0 Å². The molecular weight excluding hydrogens is 136 g/mol. The molecular formula is C5H10N2OS. The molecule has 9 heavy (non-hydrogen) atoms. The van der Waals surface area contributed by atoms with Crippen LogP contribution < -0.4 is 10.6 Å². The molecule has 4 heteroatoms. The van der Waals surface area contributed by atoms with Gasteiger partial charge in [0.2, 0.25) is 5.91 Å². The maximum atomic E-state index is 10.5. The highest BCUT2D eigenvalue weighted by Crippen LogP contribution is 1.73. The number of amides is 1. The van der Waals surface area contributed by atoms with Crippen LogP contribution in [-0.4, -0.2) is 18.1 Å². The van der Waals surface area contributed by atoms with Crippen LogP contribution in [0.25, 0.3) is 0 Å². The van der Waals surface area contributed by atoms with E-state index in [1.165, 1.54) is 0 Å². The Morgan fingerprint density at radius 1 is 1.67 bits per heavy atom. The van der Waals surface area contributed by atoms with Crippen molar-refractivity contribution in [1.29, 1.82) is 0 Å². The van der Waals surface area contributed by atoms with Crippen LogP contribution in [0.5, 0.6) is 0 Å². The summed E-state index contributed by atoms with van der Waals surface area (Å²) in [5.41, 5.74) is 0. The van der Waals surface area contributed by atoms with E-state index < -0.39 is 0 Å². The first-order valence-electron chi connectivity index (χ1n) is 2.72. The Labute approximate surface area is 59.8 Å². The summed E-state index contributed by atoms with van der Waals surface area (Å²) in [5.74, 6) is -0.0608. The minimum absolute atomic E-state index is 0.0608. The molecule has 3 nitrogen and oxygen atoms in total. The predicted octanol–water partition coefficient (Wildman–Crippen LogP) is 0.0169. The summed E-state index contributed by atoms with van der Waals surface area (Å²) in [4.78, 5) is 10.5. The lowest BCUT2D eigenvalue weighted by atomic mass is 10.5. The first kappa shape index (κ1) is 8.36. The van der Waals surface area contributed by atoms with Crippen LogP contribution in [0.1, 0.15) is 13.3 Å². The number of rotatable bonds is 1. The van der Waals surface area contributed by atoms with Crippen molar-refractivity contribution in [2.24, 2.45) is 0 Å². The van der Waals surface area contributed by atoms with Crippen LogP contribution in [0.3, 0.4) is 0 Å². The number of hydrogen-bond donors (Lipinski definition) is 2. The number of thiocarbonyl (C=S) groups is 1. The first-order valence-corrected chi connectivity index (χ1v) is 3.13. The molecule has 0 saturated heterocycles. The third-order valence-electron chi connectivity index (χ3n) is 0.801. The van der Waals surface area contributed by atoms with Crippen LogP contribution in [0.2, 0.25) is 0 Å². The SMILES string of the molecule is CCC(=O)NC(=S)NC. The zero-order chi connectivity index (χ0) is 7.28. The average molecular weight is 146 g/mol. The van der Waals surface area contributed by atoms with E-state index in [1.807, 2.05) is 0 Å². The molecule has 0 saturated carbocycles. The zero-order valence-corrected chi connectivity index (χ0v) is 6.34. The van der Waals surface area contributed by atoms with Gasteiger partial charge in [-0.3, -0.25) is 4.79 Å². The van der Waals surface area contributed by atoms with Crippen molar-refractivity contribution in [1.82, 2.24) is 10.6 Å². The lowest BCUT2D eigenvalue weighted by Gasteiger charge is -2.01. The standard InChI is InChI=1S/C5H10N2OS/c1-3-4(8)7-5(9)6-2/h3H2,1-2H3,(H2,6,7,8,9). The molecule has 0 aromatic heterocycles. The molecule has 52 valence electrons. The topological polar surface area (TPSA) is 41.1 Å². The fourth-order valence-corrected chi connectivity index (χ4v) is 0.391. The van der Waals surface area contributed by atoms with Crippen molar-refractivity contribution in [2.45, 2.75) is 13.3 Å². The lowest BCUT2D eigenvalue weighted by Crippen LogP contribution is -2.36. The van der Waals surface area contributed by atoms with Gasteiger partial charge in [0, 0.05) is 13.5 Å².